The summed E-state index contributed by atoms with van der Waals surface area (Å²) < 4.78 is 31.7. The number of thioether (sulfide) groups is 2. The first-order valence-electron chi connectivity index (χ1n) is 13.9. The molecule has 0 unspecified atom stereocenters. The molecule has 0 aliphatic carbocycles. The second-order valence-corrected chi connectivity index (χ2v) is 11.6. The molecule has 0 aliphatic heterocycles. The quantitative estimate of drug-likeness (QED) is 0.0541. The fourth-order valence-corrected chi connectivity index (χ4v) is 4.48. The Kier molecular flexibility index (Phi) is 21.3. The van der Waals surface area contributed by atoms with Gasteiger partial charge in [0.15, 0.2) is 5.96 Å². The number of hydrogen-bond acceptors (Lipinski definition) is 10. The summed E-state index contributed by atoms with van der Waals surface area (Å²) in [5, 5.41) is 23.5. The summed E-state index contributed by atoms with van der Waals surface area (Å²) in [5.41, 5.74) is 17.5. The van der Waals surface area contributed by atoms with E-state index in [4.69, 9.17) is 32.2 Å². The van der Waals surface area contributed by atoms with Gasteiger partial charge in [0.05, 0.1) is 12.6 Å². The molecule has 11 N–H and O–H groups in total. The molecule has 0 bridgehead atoms. The molecule has 1 aromatic carbocycles. The summed E-state index contributed by atoms with van der Waals surface area (Å²) in [6.45, 7) is -0.0133. The normalized spacial score (nSPS) is 12.6. The van der Waals surface area contributed by atoms with Crippen molar-refractivity contribution in [2.45, 2.75) is 62.2 Å². The van der Waals surface area contributed by atoms with Crippen LogP contribution in [0.25, 0.3) is 0 Å². The fraction of sp³-hybridized carbons (Fsp3) is 0.519. The number of carbonyl (C=O) groups excluding carboxylic acids is 4. The highest BCUT2D eigenvalue weighted by molar-refractivity contribution is 8.13. The first-order chi connectivity index (χ1) is 22.0. The van der Waals surface area contributed by atoms with Gasteiger partial charge < -0.3 is 43.4 Å². The van der Waals surface area contributed by atoms with E-state index in [-0.39, 0.29) is 49.8 Å². The molecule has 0 aliphatic rings. The number of aliphatic carboxylic acids is 2. The van der Waals surface area contributed by atoms with Gasteiger partial charge in [-0.15, -0.1) is 0 Å². The number of nitrogens with two attached hydrogens (primary N) is 3. The highest BCUT2D eigenvalue weighted by atomic mass is 32.2. The topological polar surface area (TPSA) is 269 Å². The molecule has 0 saturated carbocycles. The van der Waals surface area contributed by atoms with Crippen LogP contribution in [-0.4, -0.2) is 100 Å². The first kappa shape index (κ1) is 43.0. The van der Waals surface area contributed by atoms with E-state index >= 15 is 0 Å². The zero-order valence-electron chi connectivity index (χ0n) is 25.5. The minimum Gasteiger partial charge on any atom is -0.481 e. The summed E-state index contributed by atoms with van der Waals surface area (Å²) in [5.74, 6) is -4.82. The van der Waals surface area contributed by atoms with Crippen LogP contribution in [0.4, 0.5) is 13.2 Å². The number of hydrogen-bond donors (Lipinski definition) is 8. The average Bonchev–Trinajstić information content (AvgIpc) is 3.00. The van der Waals surface area contributed by atoms with Gasteiger partial charge in [-0.2, -0.15) is 24.9 Å². The van der Waals surface area contributed by atoms with E-state index in [1.165, 1.54) is 11.8 Å². The van der Waals surface area contributed by atoms with Gasteiger partial charge in [-0.1, -0.05) is 42.1 Å². The van der Waals surface area contributed by atoms with Gasteiger partial charge in [-0.25, -0.2) is 4.79 Å². The summed E-state index contributed by atoms with van der Waals surface area (Å²) in [6, 6.07) is 6.27. The summed E-state index contributed by atoms with van der Waals surface area (Å²) in [7, 11) is 0. The van der Waals surface area contributed by atoms with E-state index in [9.17, 15) is 37.1 Å². The summed E-state index contributed by atoms with van der Waals surface area (Å²) >= 11 is 2.52. The number of aliphatic imine (C=N–C) groups is 1. The molecular weight excluding hydrogens is 671 g/mol. The van der Waals surface area contributed by atoms with Crippen molar-refractivity contribution in [1.82, 2.24) is 16.0 Å². The Morgan fingerprint density at radius 2 is 1.49 bits per heavy atom. The Bertz CT molecular complexity index is 1210. The number of halogens is 3. The number of amides is 3. The number of nitrogens with zero attached hydrogens (tertiary/aromatic N) is 1. The number of carboxylic acids is 2. The van der Waals surface area contributed by atoms with Gasteiger partial charge in [-0.05, 0) is 43.3 Å². The first-order valence-corrected chi connectivity index (χ1v) is 16.3. The Morgan fingerprint density at radius 1 is 0.915 bits per heavy atom. The van der Waals surface area contributed by atoms with Crippen LogP contribution in [0.15, 0.2) is 35.3 Å². The molecule has 3 amide bonds. The average molecular weight is 712 g/mol. The van der Waals surface area contributed by atoms with Crippen molar-refractivity contribution >= 4 is 64.3 Å². The van der Waals surface area contributed by atoms with Crippen LogP contribution < -0.4 is 33.2 Å². The standard InChI is InChI=1S/C25H39N7O6S2.C2HF3O2/c1-39-13-11-19(31-22(36)17(26)9-10-20(33)34)24(38)32-18(8-5-12-29-25(27)28)23(37)30-14-21(35)40-15-16-6-3-2-4-7-16;3-2(4,5)1(6)7/h2-4,6-7,17-19H,5,8-15,26H2,1H3,(H,30,37)(H,31,36)(H,32,38)(H,33,34)(H4,27,28,29);(H,6,7)/t17-,18-,19-;/m0./s1. The minimum atomic E-state index is -5.08. The van der Waals surface area contributed by atoms with Crippen LogP contribution in [-0.2, 0) is 34.5 Å². The van der Waals surface area contributed by atoms with Crippen LogP contribution in [0.2, 0.25) is 0 Å². The number of benzene rings is 1. The van der Waals surface area contributed by atoms with E-state index in [0.717, 1.165) is 17.3 Å². The fourth-order valence-electron chi connectivity index (χ4n) is 3.31. The third-order valence-electron chi connectivity index (χ3n) is 5.72. The Morgan fingerprint density at radius 3 is 2.02 bits per heavy atom. The van der Waals surface area contributed by atoms with Gasteiger partial charge in [0.1, 0.15) is 12.1 Å². The lowest BCUT2D eigenvalue weighted by molar-refractivity contribution is -0.192. The van der Waals surface area contributed by atoms with E-state index in [2.05, 4.69) is 20.9 Å². The second kappa shape index (κ2) is 23.3. The van der Waals surface area contributed by atoms with E-state index < -0.39 is 54.0 Å². The molecule has 0 fully saturated rings. The van der Waals surface area contributed by atoms with Gasteiger partial charge in [-0.3, -0.25) is 29.0 Å². The predicted octanol–water partition coefficient (Wildman–Crippen LogP) is 0.164. The van der Waals surface area contributed by atoms with Crippen LogP contribution in [0.5, 0.6) is 0 Å². The molecule has 15 nitrogen and oxygen atoms in total. The molecular formula is C27H40F3N7O8S2. The molecule has 0 aromatic heterocycles. The lowest BCUT2D eigenvalue weighted by Crippen LogP contribution is -2.56. The largest absolute Gasteiger partial charge is 0.490 e. The lowest BCUT2D eigenvalue weighted by Gasteiger charge is -2.24. The van der Waals surface area contributed by atoms with E-state index in [1.54, 1.807) is 0 Å². The maximum absolute atomic E-state index is 13.1. The smallest absolute Gasteiger partial charge is 0.481 e. The maximum Gasteiger partial charge on any atom is 0.490 e. The summed E-state index contributed by atoms with van der Waals surface area (Å²) in [4.78, 5) is 74.5. The highest BCUT2D eigenvalue weighted by Gasteiger charge is 2.38. The van der Waals surface area contributed by atoms with Crippen molar-refractivity contribution in [2.75, 3.05) is 25.1 Å². The molecule has 0 heterocycles. The van der Waals surface area contributed by atoms with Crippen molar-refractivity contribution in [3.05, 3.63) is 35.9 Å². The molecule has 0 radical (unpaired) electrons. The van der Waals surface area contributed by atoms with Crippen molar-refractivity contribution in [3.8, 4) is 0 Å². The zero-order valence-corrected chi connectivity index (χ0v) is 27.1. The molecule has 0 spiro atoms. The second-order valence-electron chi connectivity index (χ2n) is 9.56. The Labute approximate surface area is 277 Å². The third-order valence-corrected chi connectivity index (χ3v) is 7.31. The molecule has 3 atom stereocenters. The molecule has 1 aromatic rings. The SMILES string of the molecule is CSCC[C@H](NC(=O)[C@@H](N)CCC(=O)O)C(=O)N[C@@H](CCCN=C(N)N)C(=O)NCC(=O)SCc1ccccc1.O=C(O)C(F)(F)F. The Balaban J connectivity index is 0.00000270. The molecule has 0 saturated heterocycles. The van der Waals surface area contributed by atoms with Gasteiger partial charge >= 0.3 is 18.1 Å². The van der Waals surface area contributed by atoms with Crippen LogP contribution in [0.3, 0.4) is 0 Å². The van der Waals surface area contributed by atoms with E-state index in [0.29, 0.717) is 17.9 Å². The van der Waals surface area contributed by atoms with Crippen molar-refractivity contribution < 1.29 is 52.2 Å². The number of carbonyl (C=O) groups is 6. The van der Waals surface area contributed by atoms with Gasteiger partial charge in [0, 0.05) is 18.7 Å². The Hall–Kier alpha value is -4.04. The van der Waals surface area contributed by atoms with Crippen LogP contribution in [0, 0.1) is 0 Å². The van der Waals surface area contributed by atoms with Crippen molar-refractivity contribution in [2.24, 2.45) is 22.2 Å². The maximum atomic E-state index is 13.1. The van der Waals surface area contributed by atoms with Crippen LogP contribution in [0.1, 0.15) is 37.7 Å². The number of guanidine groups is 1. The van der Waals surface area contributed by atoms with Crippen molar-refractivity contribution in [1.29, 1.82) is 0 Å². The minimum absolute atomic E-state index is 0.0931. The van der Waals surface area contributed by atoms with E-state index in [1.807, 2.05) is 36.6 Å². The predicted molar refractivity (Wildman–Crippen MR) is 171 cm³/mol. The number of carboxylic acid groups (broad SMARTS) is 2. The monoisotopic (exact) mass is 711 g/mol. The van der Waals surface area contributed by atoms with Gasteiger partial charge in [0.25, 0.3) is 0 Å². The third kappa shape index (κ3) is 21.4. The molecule has 20 heteroatoms. The number of nitrogens with one attached hydrogen (secondary N) is 3. The lowest BCUT2D eigenvalue weighted by atomic mass is 10.1. The molecule has 47 heavy (non-hydrogen) atoms. The number of rotatable bonds is 19. The highest BCUT2D eigenvalue weighted by Crippen LogP contribution is 2.13. The molecule has 1 rings (SSSR count). The zero-order chi connectivity index (χ0) is 36.0. The van der Waals surface area contributed by atoms with Gasteiger partial charge in [0.2, 0.25) is 22.8 Å². The summed E-state index contributed by atoms with van der Waals surface area (Å²) in [6.07, 6.45) is -2.86. The molecule has 264 valence electrons. The van der Waals surface area contributed by atoms with Crippen molar-refractivity contribution in [3.63, 3.8) is 0 Å². The number of alkyl halides is 3. The van der Waals surface area contributed by atoms with Crippen LogP contribution >= 0.6 is 23.5 Å².